The highest BCUT2D eigenvalue weighted by atomic mass is 19.1. The zero-order valence-corrected chi connectivity index (χ0v) is 20.0. The molecule has 0 spiro atoms. The van der Waals surface area contributed by atoms with Gasteiger partial charge in [-0.3, -0.25) is 14.5 Å². The summed E-state index contributed by atoms with van der Waals surface area (Å²) in [5.74, 6) is -0.716. The second kappa shape index (κ2) is 10.6. The van der Waals surface area contributed by atoms with Crippen molar-refractivity contribution in [1.82, 2.24) is 19.9 Å². The maximum atomic E-state index is 14.5. The van der Waals surface area contributed by atoms with E-state index in [1.165, 1.54) is 29.3 Å². The average Bonchev–Trinajstić information content (AvgIpc) is 3.24. The summed E-state index contributed by atoms with van der Waals surface area (Å²) in [6, 6.07) is 11.6. The predicted molar refractivity (Wildman–Crippen MR) is 131 cm³/mol. The molecule has 1 unspecified atom stereocenters. The van der Waals surface area contributed by atoms with E-state index in [1.807, 2.05) is 0 Å². The molecule has 35 heavy (non-hydrogen) atoms. The molecule has 184 valence electrons. The van der Waals surface area contributed by atoms with E-state index in [1.54, 1.807) is 38.3 Å². The number of nitrogens with zero attached hydrogens (tertiary/aromatic N) is 4. The fourth-order valence-corrected chi connectivity index (χ4v) is 4.17. The summed E-state index contributed by atoms with van der Waals surface area (Å²) in [5.41, 5.74) is 1.60. The number of rotatable bonds is 7. The number of amides is 2. The van der Waals surface area contributed by atoms with Gasteiger partial charge in [-0.25, -0.2) is 9.07 Å². The number of ether oxygens (including phenoxy) is 1. The van der Waals surface area contributed by atoms with Crippen LogP contribution in [0.25, 0.3) is 5.69 Å². The summed E-state index contributed by atoms with van der Waals surface area (Å²) < 4.78 is 21.1. The first kappa shape index (κ1) is 24.3. The van der Waals surface area contributed by atoms with Gasteiger partial charge >= 0.3 is 0 Å². The Labute approximate surface area is 203 Å². The number of carbonyl (C=O) groups is 2. The molecule has 3 aromatic rings. The van der Waals surface area contributed by atoms with Crippen LogP contribution in [0.4, 0.5) is 15.8 Å². The van der Waals surface area contributed by atoms with Crippen molar-refractivity contribution in [3.63, 3.8) is 0 Å². The van der Waals surface area contributed by atoms with Crippen LogP contribution in [0.3, 0.4) is 0 Å². The highest BCUT2D eigenvalue weighted by Crippen LogP contribution is 2.22. The molecule has 10 heteroatoms. The minimum atomic E-state index is -0.624. The molecule has 1 aromatic heterocycles. The van der Waals surface area contributed by atoms with E-state index in [4.69, 9.17) is 4.74 Å². The number of carbonyl (C=O) groups excluding carboxylic acids is 2. The Morgan fingerprint density at radius 3 is 2.63 bits per heavy atom. The van der Waals surface area contributed by atoms with E-state index in [2.05, 4.69) is 32.8 Å². The molecule has 2 N–H and O–H groups in total. The molecule has 0 radical (unpaired) electrons. The number of methoxy groups -OCH3 is 1. The molecule has 2 aromatic carbocycles. The van der Waals surface area contributed by atoms with Crippen molar-refractivity contribution in [2.45, 2.75) is 39.2 Å². The van der Waals surface area contributed by atoms with Crippen molar-refractivity contribution in [3.8, 4) is 11.4 Å². The highest BCUT2D eigenvalue weighted by molar-refractivity contribution is 6.04. The first-order valence-electron chi connectivity index (χ1n) is 11.6. The molecule has 9 nitrogen and oxygen atoms in total. The smallest absolute Gasteiger partial charge is 0.278 e. The Bertz CT molecular complexity index is 1210. The molecule has 1 aliphatic heterocycles. The Balaban J connectivity index is 1.44. The monoisotopic (exact) mass is 480 g/mol. The van der Waals surface area contributed by atoms with Gasteiger partial charge in [-0.05, 0) is 75.7 Å². The quantitative estimate of drug-likeness (QED) is 0.534. The second-order valence-corrected chi connectivity index (χ2v) is 8.65. The van der Waals surface area contributed by atoms with Crippen LogP contribution >= 0.6 is 0 Å². The summed E-state index contributed by atoms with van der Waals surface area (Å²) in [4.78, 5) is 27.5. The summed E-state index contributed by atoms with van der Waals surface area (Å²) in [5, 5.41) is 13.4. The summed E-state index contributed by atoms with van der Waals surface area (Å²) >= 11 is 0. The third-order valence-corrected chi connectivity index (χ3v) is 6.21. The number of benzene rings is 2. The van der Waals surface area contributed by atoms with Crippen molar-refractivity contribution in [2.24, 2.45) is 0 Å². The number of hydrogen-bond donors (Lipinski definition) is 2. The first-order valence-corrected chi connectivity index (χ1v) is 11.6. The van der Waals surface area contributed by atoms with Crippen LogP contribution < -0.4 is 15.4 Å². The average molecular weight is 481 g/mol. The van der Waals surface area contributed by atoms with Crippen LogP contribution in [0, 0.1) is 12.7 Å². The number of anilines is 2. The second-order valence-electron chi connectivity index (χ2n) is 8.65. The fourth-order valence-electron chi connectivity index (χ4n) is 4.17. The van der Waals surface area contributed by atoms with Gasteiger partial charge < -0.3 is 15.4 Å². The van der Waals surface area contributed by atoms with E-state index >= 15 is 0 Å². The molecule has 0 bridgehead atoms. The van der Waals surface area contributed by atoms with Gasteiger partial charge in [0.05, 0.1) is 30.7 Å². The molecule has 1 fully saturated rings. The van der Waals surface area contributed by atoms with Gasteiger partial charge in [0.25, 0.3) is 5.91 Å². The number of aromatic nitrogens is 3. The van der Waals surface area contributed by atoms with Crippen LogP contribution in [0.2, 0.25) is 0 Å². The first-order chi connectivity index (χ1) is 16.9. The normalized spacial score (nSPS) is 16.1. The van der Waals surface area contributed by atoms with Gasteiger partial charge in [0.15, 0.2) is 5.69 Å². The highest BCUT2D eigenvalue weighted by Gasteiger charge is 2.22. The maximum Gasteiger partial charge on any atom is 0.278 e. The molecule has 0 aliphatic carbocycles. The molecular formula is C25H29FN6O3. The maximum absolute atomic E-state index is 14.5. The largest absolute Gasteiger partial charge is 0.497 e. The number of nitrogens with one attached hydrogen (secondary N) is 2. The zero-order valence-electron chi connectivity index (χ0n) is 20.0. The van der Waals surface area contributed by atoms with Crippen molar-refractivity contribution < 1.29 is 18.7 Å². The van der Waals surface area contributed by atoms with Gasteiger partial charge in [0.1, 0.15) is 11.6 Å². The summed E-state index contributed by atoms with van der Waals surface area (Å²) in [7, 11) is 1.58. The molecule has 1 aliphatic rings. The number of hydrogen-bond acceptors (Lipinski definition) is 6. The third-order valence-electron chi connectivity index (χ3n) is 6.21. The van der Waals surface area contributed by atoms with Gasteiger partial charge in [-0.2, -0.15) is 0 Å². The molecule has 0 saturated carbocycles. The summed E-state index contributed by atoms with van der Waals surface area (Å²) in [6.45, 7) is 4.97. The van der Waals surface area contributed by atoms with Crippen LogP contribution in [0.5, 0.6) is 5.75 Å². The Morgan fingerprint density at radius 1 is 1.14 bits per heavy atom. The molecule has 1 saturated heterocycles. The van der Waals surface area contributed by atoms with Crippen molar-refractivity contribution in [1.29, 1.82) is 0 Å². The predicted octanol–water partition coefficient (Wildman–Crippen LogP) is 3.79. The molecular weight excluding hydrogens is 451 g/mol. The fraction of sp³-hybridized carbons (Fsp3) is 0.360. The van der Waals surface area contributed by atoms with Crippen LogP contribution in [-0.4, -0.2) is 57.9 Å². The van der Waals surface area contributed by atoms with E-state index in [0.29, 0.717) is 28.9 Å². The number of halogens is 1. The van der Waals surface area contributed by atoms with Gasteiger partial charge in [0.2, 0.25) is 5.91 Å². The van der Waals surface area contributed by atoms with Gasteiger partial charge in [0, 0.05) is 11.7 Å². The number of piperidine rings is 1. The molecule has 1 atom stereocenters. The minimum Gasteiger partial charge on any atom is -0.497 e. The zero-order chi connectivity index (χ0) is 24.9. The lowest BCUT2D eigenvalue weighted by atomic mass is 10.0. The summed E-state index contributed by atoms with van der Waals surface area (Å²) in [6.07, 6.45) is 3.32. The number of likely N-dealkylation sites (tertiary alicyclic amines) is 1. The Morgan fingerprint density at radius 2 is 1.91 bits per heavy atom. The minimum absolute atomic E-state index is 0.0578. The molecule has 2 heterocycles. The Hall–Kier alpha value is -3.79. The van der Waals surface area contributed by atoms with E-state index in [-0.39, 0.29) is 23.8 Å². The van der Waals surface area contributed by atoms with Gasteiger partial charge in [-0.15, -0.1) is 5.10 Å². The SMILES string of the molecule is COc1ccc(-n2nnc(C(=O)Nc3cc(NC(=O)CN4CCCCC4C)ccc3F)c2C)cc1. The lowest BCUT2D eigenvalue weighted by Gasteiger charge is -2.32. The van der Waals surface area contributed by atoms with Gasteiger partial charge in [-0.1, -0.05) is 11.6 Å². The van der Waals surface area contributed by atoms with E-state index < -0.39 is 11.7 Å². The van der Waals surface area contributed by atoms with Crippen LogP contribution in [-0.2, 0) is 4.79 Å². The van der Waals surface area contributed by atoms with Crippen molar-refractivity contribution in [3.05, 3.63) is 59.7 Å². The lowest BCUT2D eigenvalue weighted by molar-refractivity contribution is -0.118. The molecule has 2 amide bonds. The molecule has 4 rings (SSSR count). The van der Waals surface area contributed by atoms with Crippen LogP contribution in [0.1, 0.15) is 42.4 Å². The van der Waals surface area contributed by atoms with Crippen molar-refractivity contribution >= 4 is 23.2 Å². The lowest BCUT2D eigenvalue weighted by Crippen LogP contribution is -2.42. The standard InChI is InChI=1S/C25H29FN6O3/c1-16-6-4-5-13-31(16)15-23(33)27-18-7-12-21(26)22(14-18)28-25(34)24-17(2)32(30-29-24)19-8-10-20(35-3)11-9-19/h7-12,14,16H,4-6,13,15H2,1-3H3,(H,27,33)(H,28,34). The van der Waals surface area contributed by atoms with E-state index in [9.17, 15) is 14.0 Å². The third kappa shape index (κ3) is 5.65. The van der Waals surface area contributed by atoms with Crippen molar-refractivity contribution in [2.75, 3.05) is 30.8 Å². The van der Waals surface area contributed by atoms with E-state index in [0.717, 1.165) is 19.4 Å². The Kier molecular flexibility index (Phi) is 7.40. The van der Waals surface area contributed by atoms with Crippen LogP contribution in [0.15, 0.2) is 42.5 Å². The topological polar surface area (TPSA) is 101 Å².